The van der Waals surface area contributed by atoms with Crippen LogP contribution in [0.2, 0.25) is 0 Å². The highest BCUT2D eigenvalue weighted by Gasteiger charge is 2.32. The maximum Gasteiger partial charge on any atom is 0.229 e. The Morgan fingerprint density at radius 2 is 1.87 bits per heavy atom. The van der Waals surface area contributed by atoms with Gasteiger partial charge in [-0.1, -0.05) is 6.07 Å². The SMILES string of the molecule is CN1CCC(OCc2ccc(Nc3ncc(F)c(-c4cc(F)c5cc6n(c5c4)C(C)(C)CC6)n3)nc2)CC1. The fourth-order valence-corrected chi connectivity index (χ4v) is 5.59. The third-order valence-electron chi connectivity index (χ3n) is 7.78. The second kappa shape index (κ2) is 9.71. The molecule has 0 spiro atoms. The summed E-state index contributed by atoms with van der Waals surface area (Å²) in [5, 5.41) is 3.58. The Morgan fingerprint density at radius 1 is 1.05 bits per heavy atom. The molecule has 2 aliphatic heterocycles. The van der Waals surface area contributed by atoms with E-state index >= 15 is 4.39 Å². The van der Waals surface area contributed by atoms with Gasteiger partial charge in [-0.05, 0) is 76.4 Å². The molecule has 198 valence electrons. The molecule has 0 unspecified atom stereocenters. The minimum absolute atomic E-state index is 0.0396. The number of nitrogens with zero attached hydrogens (tertiary/aromatic N) is 5. The maximum absolute atomic E-state index is 15.1. The highest BCUT2D eigenvalue weighted by atomic mass is 19.1. The molecule has 0 atom stereocenters. The molecule has 38 heavy (non-hydrogen) atoms. The predicted octanol–water partition coefficient (Wildman–Crippen LogP) is 5.81. The van der Waals surface area contributed by atoms with Gasteiger partial charge in [0, 0.05) is 41.5 Å². The molecular formula is C29H32F2N6O. The highest BCUT2D eigenvalue weighted by molar-refractivity contribution is 5.87. The molecule has 2 aliphatic rings. The Bertz CT molecular complexity index is 1470. The lowest BCUT2D eigenvalue weighted by atomic mass is 10.0. The van der Waals surface area contributed by atoms with E-state index in [1.54, 1.807) is 6.20 Å². The number of aromatic nitrogens is 4. The van der Waals surface area contributed by atoms with Crippen LogP contribution in [0, 0.1) is 11.6 Å². The van der Waals surface area contributed by atoms with Crippen molar-refractivity contribution in [3.05, 3.63) is 65.6 Å². The smallest absolute Gasteiger partial charge is 0.229 e. The summed E-state index contributed by atoms with van der Waals surface area (Å²) in [4.78, 5) is 15.2. The van der Waals surface area contributed by atoms with Gasteiger partial charge in [-0.2, -0.15) is 0 Å². The Balaban J connectivity index is 1.20. The first-order chi connectivity index (χ1) is 18.3. The Labute approximate surface area is 220 Å². The molecule has 0 aliphatic carbocycles. The molecule has 0 bridgehead atoms. The number of anilines is 2. The summed E-state index contributed by atoms with van der Waals surface area (Å²) >= 11 is 0. The van der Waals surface area contributed by atoms with E-state index in [0.717, 1.165) is 61.7 Å². The normalized spacial score (nSPS) is 17.7. The first kappa shape index (κ1) is 24.9. The van der Waals surface area contributed by atoms with Crippen LogP contribution >= 0.6 is 0 Å². The van der Waals surface area contributed by atoms with E-state index in [9.17, 15) is 4.39 Å². The van der Waals surface area contributed by atoms with Gasteiger partial charge in [0.05, 0.1) is 24.4 Å². The highest BCUT2D eigenvalue weighted by Crippen LogP contribution is 2.39. The zero-order valence-electron chi connectivity index (χ0n) is 22.0. The van der Waals surface area contributed by atoms with Crippen LogP contribution in [0.15, 0.2) is 42.7 Å². The van der Waals surface area contributed by atoms with Crippen LogP contribution in [0.5, 0.6) is 0 Å². The van der Waals surface area contributed by atoms with Gasteiger partial charge in [-0.3, -0.25) is 0 Å². The minimum Gasteiger partial charge on any atom is -0.373 e. The van der Waals surface area contributed by atoms with E-state index in [1.807, 2.05) is 24.3 Å². The zero-order valence-corrected chi connectivity index (χ0v) is 22.0. The van der Waals surface area contributed by atoms with E-state index in [2.05, 4.69) is 50.6 Å². The molecule has 1 saturated heterocycles. The van der Waals surface area contributed by atoms with Crippen LogP contribution in [0.1, 0.15) is 44.4 Å². The average Bonchev–Trinajstić information content (AvgIpc) is 3.43. The van der Waals surface area contributed by atoms with Crippen LogP contribution in [0.25, 0.3) is 22.2 Å². The molecule has 6 rings (SSSR count). The minimum atomic E-state index is -0.615. The average molecular weight is 519 g/mol. The maximum atomic E-state index is 15.1. The second-order valence-corrected chi connectivity index (χ2v) is 11.1. The Hall–Kier alpha value is -3.43. The van der Waals surface area contributed by atoms with Gasteiger partial charge in [-0.15, -0.1) is 0 Å². The van der Waals surface area contributed by atoms with Crippen LogP contribution < -0.4 is 5.32 Å². The summed E-state index contributed by atoms with van der Waals surface area (Å²) in [7, 11) is 2.13. The summed E-state index contributed by atoms with van der Waals surface area (Å²) in [5.41, 5.74) is 3.10. The number of aryl methyl sites for hydroxylation is 1. The molecule has 0 radical (unpaired) electrons. The first-order valence-corrected chi connectivity index (χ1v) is 13.2. The van der Waals surface area contributed by atoms with Crippen molar-refractivity contribution in [2.75, 3.05) is 25.5 Å². The Kier molecular flexibility index (Phi) is 6.36. The molecular weight excluding hydrogens is 486 g/mol. The number of pyridine rings is 1. The molecule has 1 fully saturated rings. The van der Waals surface area contributed by atoms with E-state index in [1.165, 1.54) is 6.07 Å². The summed E-state index contributed by atoms with van der Waals surface area (Å²) in [6.45, 7) is 6.89. The number of piperidine rings is 1. The molecule has 1 N–H and O–H groups in total. The monoisotopic (exact) mass is 518 g/mol. The van der Waals surface area contributed by atoms with Gasteiger partial charge < -0.3 is 19.5 Å². The molecule has 9 heteroatoms. The molecule has 5 heterocycles. The molecule has 1 aromatic carbocycles. The van der Waals surface area contributed by atoms with Gasteiger partial charge in [0.1, 0.15) is 17.3 Å². The quantitative estimate of drug-likeness (QED) is 0.348. The fraction of sp³-hybridized carbons (Fsp3) is 0.414. The van der Waals surface area contributed by atoms with Gasteiger partial charge in [-0.25, -0.2) is 23.7 Å². The number of benzene rings is 1. The number of ether oxygens (including phenoxy) is 1. The van der Waals surface area contributed by atoms with Crippen LogP contribution in [0.3, 0.4) is 0 Å². The molecule has 0 amide bonds. The summed E-state index contributed by atoms with van der Waals surface area (Å²) in [6.07, 6.45) is 7.07. The molecule has 7 nitrogen and oxygen atoms in total. The van der Waals surface area contributed by atoms with Crippen molar-refractivity contribution in [3.8, 4) is 11.3 Å². The largest absolute Gasteiger partial charge is 0.373 e. The number of likely N-dealkylation sites (tertiary alicyclic amines) is 1. The van der Waals surface area contributed by atoms with Gasteiger partial charge in [0.2, 0.25) is 5.95 Å². The van der Waals surface area contributed by atoms with Crippen molar-refractivity contribution in [3.63, 3.8) is 0 Å². The number of fused-ring (bicyclic) bond motifs is 3. The van der Waals surface area contributed by atoms with Crippen molar-refractivity contribution >= 4 is 22.7 Å². The molecule has 4 aromatic rings. The van der Waals surface area contributed by atoms with Crippen molar-refractivity contribution in [2.24, 2.45) is 0 Å². The van der Waals surface area contributed by atoms with Crippen molar-refractivity contribution in [1.82, 2.24) is 24.4 Å². The first-order valence-electron chi connectivity index (χ1n) is 13.2. The Morgan fingerprint density at radius 3 is 2.63 bits per heavy atom. The van der Waals surface area contributed by atoms with E-state index in [-0.39, 0.29) is 29.1 Å². The lowest BCUT2D eigenvalue weighted by Crippen LogP contribution is -2.34. The molecule has 0 saturated carbocycles. The summed E-state index contributed by atoms with van der Waals surface area (Å²) in [5.74, 6) is -0.289. The third kappa shape index (κ3) is 4.76. The van der Waals surface area contributed by atoms with Crippen LogP contribution in [0.4, 0.5) is 20.5 Å². The lowest BCUT2D eigenvalue weighted by Gasteiger charge is -2.28. The second-order valence-electron chi connectivity index (χ2n) is 11.1. The fourth-order valence-electron chi connectivity index (χ4n) is 5.59. The van der Waals surface area contributed by atoms with Crippen LogP contribution in [-0.4, -0.2) is 50.7 Å². The topological polar surface area (TPSA) is 68.1 Å². The number of rotatable bonds is 6. The zero-order chi connectivity index (χ0) is 26.4. The summed E-state index contributed by atoms with van der Waals surface area (Å²) in [6, 6.07) is 8.82. The number of hydrogen-bond donors (Lipinski definition) is 1. The van der Waals surface area contributed by atoms with Gasteiger partial charge in [0.25, 0.3) is 0 Å². The number of halogens is 2. The summed E-state index contributed by atoms with van der Waals surface area (Å²) < 4.78 is 38.2. The van der Waals surface area contributed by atoms with Gasteiger partial charge in [0.15, 0.2) is 5.82 Å². The van der Waals surface area contributed by atoms with Gasteiger partial charge >= 0.3 is 0 Å². The van der Waals surface area contributed by atoms with E-state index in [4.69, 9.17) is 4.74 Å². The standard InChI is InChI=1S/C29H32F2N6O/c1-29(2)9-6-20-14-22-23(30)12-19(13-25(22)37(20)29)27-24(31)16-33-28(35-27)34-26-5-4-18(15-32-26)17-38-21-7-10-36(3)11-8-21/h4-5,12-16,21H,6-11,17H2,1-3H3,(H,32,33,34,35). The van der Waals surface area contributed by atoms with E-state index in [0.29, 0.717) is 23.4 Å². The van der Waals surface area contributed by atoms with E-state index < -0.39 is 5.82 Å². The van der Waals surface area contributed by atoms with Crippen LogP contribution in [-0.2, 0) is 23.3 Å². The number of nitrogens with one attached hydrogen (secondary N) is 1. The third-order valence-corrected chi connectivity index (χ3v) is 7.78. The number of hydrogen-bond acceptors (Lipinski definition) is 6. The van der Waals surface area contributed by atoms with Crippen molar-refractivity contribution < 1.29 is 13.5 Å². The van der Waals surface area contributed by atoms with Crippen molar-refractivity contribution in [1.29, 1.82) is 0 Å². The molecule has 3 aromatic heterocycles. The van der Waals surface area contributed by atoms with Crippen molar-refractivity contribution in [2.45, 2.75) is 57.8 Å². The predicted molar refractivity (Wildman–Crippen MR) is 143 cm³/mol. The lowest BCUT2D eigenvalue weighted by molar-refractivity contribution is 0.00204.